The van der Waals surface area contributed by atoms with Crippen LogP contribution in [0.3, 0.4) is 0 Å². The molecule has 9 nitrogen and oxygen atoms in total. The Morgan fingerprint density at radius 1 is 1.38 bits per heavy atom. The number of hydrogen-bond acceptors (Lipinski definition) is 7. The molecule has 1 amide bonds. The highest BCUT2D eigenvalue weighted by Crippen LogP contribution is 2.37. The maximum absolute atomic E-state index is 12.9. The van der Waals surface area contributed by atoms with Crippen molar-refractivity contribution in [2.24, 2.45) is 5.73 Å². The molecule has 5 N–H and O–H groups in total. The van der Waals surface area contributed by atoms with Crippen molar-refractivity contribution >= 4 is 20.7 Å². The van der Waals surface area contributed by atoms with Crippen molar-refractivity contribution < 1.29 is 28.4 Å². The molecule has 26 heavy (non-hydrogen) atoms. The van der Waals surface area contributed by atoms with Crippen LogP contribution in [0.1, 0.15) is 44.3 Å². The molecule has 1 aromatic carbocycles. The summed E-state index contributed by atoms with van der Waals surface area (Å²) in [5.41, 5.74) is 4.92. The van der Waals surface area contributed by atoms with Crippen LogP contribution >= 0.6 is 8.60 Å². The first kappa shape index (κ1) is 24.1. The summed E-state index contributed by atoms with van der Waals surface area (Å²) in [7, 11) is -2.74. The molecular weight excluding hydrogens is 368 g/mol. The Balaban J connectivity index is 0.000000541. The molecule has 0 radical (unpaired) electrons. The molecule has 148 valence electrons. The van der Waals surface area contributed by atoms with E-state index in [1.54, 1.807) is 0 Å². The molecule has 0 aliphatic carbocycles. The lowest BCUT2D eigenvalue weighted by atomic mass is 10.1. The predicted molar refractivity (Wildman–Crippen MR) is 96.2 cm³/mol. The van der Waals surface area contributed by atoms with Crippen LogP contribution in [0.5, 0.6) is 5.75 Å². The number of unbranched alkanes of at least 4 members (excludes halogenated alkanes) is 3. The highest BCUT2D eigenvalue weighted by atomic mass is 31.2. The Morgan fingerprint density at radius 3 is 2.54 bits per heavy atom. The molecule has 1 unspecified atom stereocenters. The molecule has 0 heterocycles. The van der Waals surface area contributed by atoms with E-state index in [1.807, 2.05) is 0 Å². The van der Waals surface area contributed by atoms with E-state index < -0.39 is 25.4 Å². The number of nitrogens with two attached hydrogens (primary N) is 1. The van der Waals surface area contributed by atoms with Gasteiger partial charge < -0.3 is 25.4 Å². The van der Waals surface area contributed by atoms with Crippen molar-refractivity contribution in [1.82, 2.24) is 5.32 Å². The van der Waals surface area contributed by atoms with Crippen LogP contribution < -0.4 is 15.6 Å². The average Bonchev–Trinajstić information content (AvgIpc) is 2.58. The molecule has 0 spiro atoms. The van der Waals surface area contributed by atoms with Crippen molar-refractivity contribution in [2.75, 3.05) is 13.1 Å². The zero-order chi connectivity index (χ0) is 19.9. The Morgan fingerprint density at radius 2 is 2.04 bits per heavy atom. The number of halogens is 1. The second-order valence-electron chi connectivity index (χ2n) is 5.22. The first-order valence-corrected chi connectivity index (χ1v) is 9.15. The van der Waals surface area contributed by atoms with E-state index in [0.29, 0.717) is 0 Å². The van der Waals surface area contributed by atoms with Gasteiger partial charge in [0.1, 0.15) is 6.17 Å². The smallest absolute Gasteiger partial charge is 0.391 e. The highest BCUT2D eigenvalue weighted by Gasteiger charge is 2.20. The fraction of sp³-hybridized carbons (Fsp3) is 0.533. The Kier molecular flexibility index (Phi) is 13.3. The predicted octanol–water partition coefficient (Wildman–Crippen LogP) is 2.47. The summed E-state index contributed by atoms with van der Waals surface area (Å²) in [6.45, 7) is 2.82. The molecule has 0 aliphatic rings. The highest BCUT2D eigenvalue weighted by molar-refractivity contribution is 7.39. The lowest BCUT2D eigenvalue weighted by Crippen LogP contribution is -2.11. The maximum atomic E-state index is 12.9. The lowest BCUT2D eigenvalue weighted by molar-refractivity contribution is -0.385. The molecular formula is C15H25FN3O6P. The first-order chi connectivity index (χ1) is 12.3. The number of carbonyl (C=O) groups excluding carboxylic acids is 1. The second kappa shape index (κ2) is 14.3. The SMILES string of the molecule is CC(F)c1ccc(OP(O)O)c([N+](=O)[O-])c1.NCCCCCCNC=O. The number of nitro groups is 1. The van der Waals surface area contributed by atoms with Gasteiger partial charge >= 0.3 is 14.3 Å². The molecule has 0 saturated carbocycles. The largest absolute Gasteiger partial charge is 0.420 e. The van der Waals surface area contributed by atoms with Gasteiger partial charge in [0.25, 0.3) is 0 Å². The van der Waals surface area contributed by atoms with Crippen LogP contribution in [-0.4, -0.2) is 34.2 Å². The third-order valence-corrected chi connectivity index (χ3v) is 3.54. The van der Waals surface area contributed by atoms with Crippen LogP contribution in [0.4, 0.5) is 10.1 Å². The van der Waals surface area contributed by atoms with E-state index >= 15 is 0 Å². The third kappa shape index (κ3) is 10.9. The zero-order valence-corrected chi connectivity index (χ0v) is 15.4. The topological polar surface area (TPSA) is 148 Å². The molecule has 1 aromatic rings. The summed E-state index contributed by atoms with van der Waals surface area (Å²) in [6, 6.07) is 3.41. The fourth-order valence-corrected chi connectivity index (χ4v) is 2.20. The molecule has 0 aromatic heterocycles. The number of amides is 1. The summed E-state index contributed by atoms with van der Waals surface area (Å²) >= 11 is 0. The summed E-state index contributed by atoms with van der Waals surface area (Å²) in [5.74, 6) is -0.300. The van der Waals surface area contributed by atoms with E-state index in [-0.39, 0.29) is 11.3 Å². The van der Waals surface area contributed by atoms with Crippen LogP contribution in [0, 0.1) is 10.1 Å². The van der Waals surface area contributed by atoms with Crippen molar-refractivity contribution in [1.29, 1.82) is 0 Å². The standard InChI is InChI=1S/C8H9FNO5P.C7H16N2O/c1-5(9)6-2-3-8(15-16(13)14)7(4-6)10(11)12;8-5-3-1-2-4-6-9-7-10/h2-5,13-14H,1H3;7H,1-6,8H2,(H,9,10). The number of nitrogens with zero attached hydrogens (tertiary/aromatic N) is 1. The second-order valence-corrected chi connectivity index (χ2v) is 5.91. The van der Waals surface area contributed by atoms with Gasteiger partial charge in [0, 0.05) is 12.6 Å². The normalized spacial score (nSPS) is 11.3. The molecule has 0 fully saturated rings. The minimum absolute atomic E-state index is 0.124. The molecule has 11 heteroatoms. The van der Waals surface area contributed by atoms with E-state index in [9.17, 15) is 19.3 Å². The van der Waals surface area contributed by atoms with Crippen LogP contribution in [-0.2, 0) is 4.79 Å². The number of hydrogen-bond donors (Lipinski definition) is 4. The third-order valence-electron chi connectivity index (χ3n) is 3.18. The minimum Gasteiger partial charge on any atom is -0.420 e. The van der Waals surface area contributed by atoms with Gasteiger partial charge in [-0.2, -0.15) is 0 Å². The van der Waals surface area contributed by atoms with Gasteiger partial charge in [0.2, 0.25) is 12.2 Å². The van der Waals surface area contributed by atoms with Crippen LogP contribution in [0.25, 0.3) is 0 Å². The van der Waals surface area contributed by atoms with Crippen molar-refractivity contribution in [2.45, 2.75) is 38.8 Å². The van der Waals surface area contributed by atoms with Gasteiger partial charge in [0.15, 0.2) is 0 Å². The fourth-order valence-electron chi connectivity index (χ4n) is 1.87. The van der Waals surface area contributed by atoms with Gasteiger partial charge in [-0.15, -0.1) is 0 Å². The number of rotatable bonds is 11. The monoisotopic (exact) mass is 393 g/mol. The van der Waals surface area contributed by atoms with Gasteiger partial charge in [-0.3, -0.25) is 14.9 Å². The molecule has 0 bridgehead atoms. The molecule has 0 saturated heterocycles. The van der Waals surface area contributed by atoms with E-state index in [0.717, 1.165) is 50.9 Å². The lowest BCUT2D eigenvalue weighted by Gasteiger charge is -2.08. The zero-order valence-electron chi connectivity index (χ0n) is 14.5. The van der Waals surface area contributed by atoms with Gasteiger partial charge in [-0.25, -0.2) is 4.39 Å². The number of benzene rings is 1. The first-order valence-electron chi connectivity index (χ1n) is 7.98. The summed E-state index contributed by atoms with van der Waals surface area (Å²) in [6.07, 6.45) is 3.90. The van der Waals surface area contributed by atoms with Crippen molar-refractivity contribution in [3.05, 3.63) is 33.9 Å². The number of carbonyl (C=O) groups is 1. The van der Waals surface area contributed by atoms with E-state index in [2.05, 4.69) is 9.84 Å². The average molecular weight is 393 g/mol. The number of nitro benzene ring substituents is 1. The van der Waals surface area contributed by atoms with Crippen LogP contribution in [0.2, 0.25) is 0 Å². The Labute approximate surface area is 152 Å². The Bertz CT molecular complexity index is 548. The number of nitrogens with one attached hydrogen (secondary N) is 1. The molecule has 0 aliphatic heterocycles. The molecule has 1 rings (SSSR count). The maximum Gasteiger partial charge on any atom is 0.391 e. The van der Waals surface area contributed by atoms with E-state index in [1.165, 1.54) is 19.4 Å². The number of alkyl halides is 1. The summed E-state index contributed by atoms with van der Waals surface area (Å²) in [4.78, 5) is 36.8. The van der Waals surface area contributed by atoms with Gasteiger partial charge in [0.05, 0.1) is 4.92 Å². The van der Waals surface area contributed by atoms with Crippen molar-refractivity contribution in [3.63, 3.8) is 0 Å². The van der Waals surface area contributed by atoms with Crippen LogP contribution in [0.15, 0.2) is 18.2 Å². The summed E-state index contributed by atoms with van der Waals surface area (Å²) < 4.78 is 17.4. The van der Waals surface area contributed by atoms with Gasteiger partial charge in [-0.1, -0.05) is 18.9 Å². The summed E-state index contributed by atoms with van der Waals surface area (Å²) in [5, 5.41) is 13.2. The molecule has 1 atom stereocenters. The Hall–Kier alpha value is -1.87. The van der Waals surface area contributed by atoms with E-state index in [4.69, 9.17) is 15.5 Å². The van der Waals surface area contributed by atoms with Crippen molar-refractivity contribution in [3.8, 4) is 5.75 Å². The quantitative estimate of drug-likeness (QED) is 0.148. The van der Waals surface area contributed by atoms with Gasteiger partial charge in [-0.05, 0) is 37.9 Å². The minimum atomic E-state index is -2.74.